The first-order valence-corrected chi connectivity index (χ1v) is 10.2. The zero-order valence-corrected chi connectivity index (χ0v) is 16.5. The Kier molecular flexibility index (Phi) is 4.44. The van der Waals surface area contributed by atoms with E-state index in [0.29, 0.717) is 6.42 Å². The molecule has 1 aliphatic heterocycles. The van der Waals surface area contributed by atoms with Gasteiger partial charge < -0.3 is 10.6 Å². The van der Waals surface area contributed by atoms with Crippen LogP contribution in [-0.4, -0.2) is 5.78 Å². The van der Waals surface area contributed by atoms with Gasteiger partial charge in [0.2, 0.25) is 0 Å². The summed E-state index contributed by atoms with van der Waals surface area (Å²) in [6.07, 6.45) is 1.38. The Labute approximate surface area is 171 Å². The summed E-state index contributed by atoms with van der Waals surface area (Å²) in [4.78, 5) is 13.5. The number of hydrogen-bond acceptors (Lipinski definition) is 3. The maximum absolute atomic E-state index is 13.5. The van der Waals surface area contributed by atoms with E-state index < -0.39 is 0 Å². The van der Waals surface area contributed by atoms with Gasteiger partial charge in [-0.05, 0) is 48.1 Å². The number of hydrogen-bond donors (Lipinski definition) is 2. The van der Waals surface area contributed by atoms with Crippen LogP contribution in [0.25, 0.3) is 0 Å². The van der Waals surface area contributed by atoms with E-state index in [2.05, 4.69) is 72.2 Å². The summed E-state index contributed by atoms with van der Waals surface area (Å²) in [5.41, 5.74) is 7.55. The Bertz CT molecular complexity index is 1100. The molecule has 0 radical (unpaired) electrons. The molecule has 0 saturated carbocycles. The summed E-state index contributed by atoms with van der Waals surface area (Å²) in [5, 5.41) is 7.27. The van der Waals surface area contributed by atoms with Crippen molar-refractivity contribution in [2.75, 3.05) is 10.6 Å². The van der Waals surface area contributed by atoms with E-state index >= 15 is 0 Å². The minimum Gasteiger partial charge on any atom is -0.372 e. The molecule has 1 heterocycles. The number of anilines is 2. The van der Waals surface area contributed by atoms with E-state index in [9.17, 15) is 4.79 Å². The molecule has 0 bridgehead atoms. The average Bonchev–Trinajstić information content (AvgIpc) is 2.91. The average molecular weight is 380 g/mol. The number of allylic oxidation sites excluding steroid dienone is 1. The van der Waals surface area contributed by atoms with Crippen molar-refractivity contribution in [2.45, 2.75) is 31.7 Å². The Balaban J connectivity index is 1.64. The Morgan fingerprint density at radius 2 is 1.48 bits per heavy atom. The summed E-state index contributed by atoms with van der Waals surface area (Å²) in [6, 6.07) is 26.8. The molecule has 0 spiro atoms. The van der Waals surface area contributed by atoms with Crippen LogP contribution in [0.4, 0.5) is 11.4 Å². The highest BCUT2D eigenvalue weighted by Crippen LogP contribution is 2.44. The van der Waals surface area contributed by atoms with E-state index in [1.54, 1.807) is 0 Å². The van der Waals surface area contributed by atoms with Crippen molar-refractivity contribution in [2.24, 2.45) is 0 Å². The highest BCUT2D eigenvalue weighted by molar-refractivity contribution is 6.01. The van der Waals surface area contributed by atoms with Crippen molar-refractivity contribution in [3.05, 3.63) is 107 Å². The van der Waals surface area contributed by atoms with Gasteiger partial charge in [-0.3, -0.25) is 4.79 Å². The van der Waals surface area contributed by atoms with Gasteiger partial charge in [0.05, 0.1) is 17.4 Å². The van der Waals surface area contributed by atoms with Gasteiger partial charge in [-0.25, -0.2) is 0 Å². The van der Waals surface area contributed by atoms with Crippen LogP contribution in [0.1, 0.15) is 41.5 Å². The molecule has 3 heteroatoms. The molecule has 5 rings (SSSR count). The predicted molar refractivity (Wildman–Crippen MR) is 118 cm³/mol. The minimum atomic E-state index is -0.147. The van der Waals surface area contributed by atoms with Crippen LogP contribution in [-0.2, 0) is 4.79 Å². The smallest absolute Gasteiger partial charge is 0.163 e. The molecule has 0 amide bonds. The van der Waals surface area contributed by atoms with Crippen molar-refractivity contribution in [1.29, 1.82) is 0 Å². The lowest BCUT2D eigenvalue weighted by atomic mass is 9.78. The summed E-state index contributed by atoms with van der Waals surface area (Å²) in [7, 11) is 0. The number of rotatable bonds is 2. The minimum absolute atomic E-state index is 0.147. The maximum atomic E-state index is 13.5. The van der Waals surface area contributed by atoms with Gasteiger partial charge in [0.15, 0.2) is 5.78 Å². The second-order valence-electron chi connectivity index (χ2n) is 7.94. The van der Waals surface area contributed by atoms with E-state index in [0.717, 1.165) is 34.6 Å². The molecule has 2 atom stereocenters. The number of nitrogens with one attached hydrogen (secondary N) is 2. The van der Waals surface area contributed by atoms with Gasteiger partial charge in [0.1, 0.15) is 0 Å². The Morgan fingerprint density at radius 1 is 0.793 bits per heavy atom. The molecule has 0 aromatic heterocycles. The first kappa shape index (κ1) is 17.7. The molecule has 2 unspecified atom stereocenters. The van der Waals surface area contributed by atoms with Crippen LogP contribution in [0, 0.1) is 6.92 Å². The van der Waals surface area contributed by atoms with Crippen molar-refractivity contribution < 1.29 is 4.79 Å². The highest BCUT2D eigenvalue weighted by Gasteiger charge is 2.36. The molecule has 3 nitrogen and oxygen atoms in total. The summed E-state index contributed by atoms with van der Waals surface area (Å²) in [5.74, 6) is 0.430. The molecule has 0 fully saturated rings. The number of benzene rings is 3. The number of para-hydroxylation sites is 2. The third-order valence-corrected chi connectivity index (χ3v) is 6.08. The second-order valence-corrected chi connectivity index (χ2v) is 7.94. The fraction of sp³-hybridized carbons (Fsp3) is 0.192. The lowest BCUT2D eigenvalue weighted by molar-refractivity contribution is -0.116. The van der Waals surface area contributed by atoms with E-state index in [-0.39, 0.29) is 17.7 Å². The number of ketones is 1. The normalized spacial score (nSPS) is 20.8. The molecule has 0 saturated heterocycles. The Morgan fingerprint density at radius 3 is 2.28 bits per heavy atom. The zero-order chi connectivity index (χ0) is 19.8. The third-order valence-electron chi connectivity index (χ3n) is 6.08. The van der Waals surface area contributed by atoms with Crippen LogP contribution < -0.4 is 10.6 Å². The predicted octanol–water partition coefficient (Wildman–Crippen LogP) is 5.97. The summed E-state index contributed by atoms with van der Waals surface area (Å²) < 4.78 is 0. The van der Waals surface area contributed by atoms with Crippen LogP contribution in [0.5, 0.6) is 0 Å². The molecule has 2 N–H and O–H groups in total. The van der Waals surface area contributed by atoms with Crippen LogP contribution in [0.3, 0.4) is 0 Å². The zero-order valence-electron chi connectivity index (χ0n) is 16.5. The monoisotopic (exact) mass is 380 g/mol. The standard InChI is InChI=1S/C26H24N2O/c1-17-9-5-6-12-20(17)26-25-23(27-21-13-7-8-14-22(21)28-26)15-19(16-24(25)29)18-10-3-2-4-11-18/h2-14,19,26-28H,15-16H2,1H3. The largest absolute Gasteiger partial charge is 0.372 e. The van der Waals surface area contributed by atoms with Gasteiger partial charge in [-0.2, -0.15) is 0 Å². The molecular formula is C26H24N2O. The van der Waals surface area contributed by atoms with Gasteiger partial charge in [-0.15, -0.1) is 0 Å². The maximum Gasteiger partial charge on any atom is 0.163 e. The number of carbonyl (C=O) groups is 1. The number of aryl methyl sites for hydroxylation is 1. The highest BCUT2D eigenvalue weighted by atomic mass is 16.1. The number of carbonyl (C=O) groups excluding carboxylic acids is 1. The molecule has 3 aromatic rings. The first-order valence-electron chi connectivity index (χ1n) is 10.2. The first-order chi connectivity index (χ1) is 14.2. The van der Waals surface area contributed by atoms with Crippen LogP contribution in [0.2, 0.25) is 0 Å². The molecule has 2 aliphatic rings. The summed E-state index contributed by atoms with van der Waals surface area (Å²) >= 11 is 0. The molecular weight excluding hydrogens is 356 g/mol. The van der Waals surface area contributed by atoms with Gasteiger partial charge in [0, 0.05) is 17.7 Å². The second kappa shape index (κ2) is 7.25. The lowest BCUT2D eigenvalue weighted by Crippen LogP contribution is -2.27. The molecule has 3 aromatic carbocycles. The topological polar surface area (TPSA) is 41.1 Å². The van der Waals surface area contributed by atoms with E-state index in [1.165, 1.54) is 11.1 Å². The lowest BCUT2D eigenvalue weighted by Gasteiger charge is -2.30. The van der Waals surface area contributed by atoms with Crippen molar-refractivity contribution in [3.63, 3.8) is 0 Å². The fourth-order valence-electron chi connectivity index (χ4n) is 4.60. The Hall–Kier alpha value is -3.33. The van der Waals surface area contributed by atoms with E-state index in [1.807, 2.05) is 24.3 Å². The van der Waals surface area contributed by atoms with Gasteiger partial charge in [-0.1, -0.05) is 66.7 Å². The number of Topliss-reactive ketones (excluding diaryl/α,β-unsaturated/α-hetero) is 1. The van der Waals surface area contributed by atoms with Crippen LogP contribution >= 0.6 is 0 Å². The summed E-state index contributed by atoms with van der Waals surface area (Å²) in [6.45, 7) is 2.11. The number of fused-ring (bicyclic) bond motifs is 1. The molecule has 144 valence electrons. The SMILES string of the molecule is Cc1ccccc1C1Nc2ccccc2NC2=C1C(=O)CC(c1ccccc1)C2. The third kappa shape index (κ3) is 3.23. The fourth-order valence-corrected chi connectivity index (χ4v) is 4.60. The molecule has 29 heavy (non-hydrogen) atoms. The quantitative estimate of drug-likeness (QED) is 0.575. The van der Waals surface area contributed by atoms with E-state index in [4.69, 9.17) is 0 Å². The van der Waals surface area contributed by atoms with Gasteiger partial charge >= 0.3 is 0 Å². The molecule has 1 aliphatic carbocycles. The van der Waals surface area contributed by atoms with Crippen molar-refractivity contribution in [3.8, 4) is 0 Å². The van der Waals surface area contributed by atoms with Crippen molar-refractivity contribution >= 4 is 17.2 Å². The van der Waals surface area contributed by atoms with Crippen molar-refractivity contribution in [1.82, 2.24) is 0 Å². The van der Waals surface area contributed by atoms with Crippen LogP contribution in [0.15, 0.2) is 90.1 Å². The van der Waals surface area contributed by atoms with Gasteiger partial charge in [0.25, 0.3) is 0 Å².